The molecule has 94 valence electrons. The summed E-state index contributed by atoms with van der Waals surface area (Å²) in [7, 11) is 0. The molecule has 17 heavy (non-hydrogen) atoms. The Morgan fingerprint density at radius 3 is 3.00 bits per heavy atom. The van der Waals surface area contributed by atoms with Gasteiger partial charge in [-0.1, -0.05) is 12.2 Å². The van der Waals surface area contributed by atoms with E-state index >= 15 is 0 Å². The molecule has 0 saturated carbocycles. The minimum atomic E-state index is -0.285. The molecular weight excluding hydrogens is 218 g/mol. The Kier molecular flexibility index (Phi) is 4.14. The van der Waals surface area contributed by atoms with Crippen molar-refractivity contribution in [1.82, 2.24) is 16.0 Å². The van der Waals surface area contributed by atoms with Crippen molar-refractivity contribution in [3.8, 4) is 0 Å². The second-order valence-electron chi connectivity index (χ2n) is 4.63. The molecule has 0 bridgehead atoms. The van der Waals surface area contributed by atoms with Crippen LogP contribution in [-0.4, -0.2) is 37.5 Å². The zero-order valence-electron chi connectivity index (χ0n) is 9.87. The standard InChI is InChI=1S/C12H19N3O2/c16-11-8-13-10(7-14-11)12(17)15-6-9-4-2-1-3-5-9/h1-2,9-10,13H,3-8H2,(H,14,16)(H,15,17). The smallest absolute Gasteiger partial charge is 0.238 e. The highest BCUT2D eigenvalue weighted by molar-refractivity contribution is 5.86. The maximum Gasteiger partial charge on any atom is 0.238 e. The fourth-order valence-electron chi connectivity index (χ4n) is 2.16. The Morgan fingerprint density at radius 2 is 2.35 bits per heavy atom. The third-order valence-corrected chi connectivity index (χ3v) is 3.27. The van der Waals surface area contributed by atoms with E-state index in [1.54, 1.807) is 0 Å². The van der Waals surface area contributed by atoms with Crippen molar-refractivity contribution in [3.63, 3.8) is 0 Å². The van der Waals surface area contributed by atoms with Crippen LogP contribution in [0, 0.1) is 5.92 Å². The predicted octanol–water partition coefficient (Wildman–Crippen LogP) is -0.453. The first-order valence-corrected chi connectivity index (χ1v) is 6.18. The van der Waals surface area contributed by atoms with E-state index in [1.807, 2.05) is 0 Å². The van der Waals surface area contributed by atoms with Gasteiger partial charge in [0, 0.05) is 13.1 Å². The molecule has 3 N–H and O–H groups in total. The quantitative estimate of drug-likeness (QED) is 0.582. The van der Waals surface area contributed by atoms with Crippen molar-refractivity contribution in [3.05, 3.63) is 12.2 Å². The van der Waals surface area contributed by atoms with Crippen LogP contribution in [0.1, 0.15) is 19.3 Å². The highest BCUT2D eigenvalue weighted by atomic mass is 16.2. The zero-order valence-corrected chi connectivity index (χ0v) is 9.87. The van der Waals surface area contributed by atoms with Crippen LogP contribution < -0.4 is 16.0 Å². The van der Waals surface area contributed by atoms with Crippen molar-refractivity contribution in [2.24, 2.45) is 5.92 Å². The Morgan fingerprint density at radius 1 is 1.47 bits per heavy atom. The van der Waals surface area contributed by atoms with Crippen LogP contribution in [0.2, 0.25) is 0 Å². The summed E-state index contributed by atoms with van der Waals surface area (Å²) in [5.41, 5.74) is 0. The Hall–Kier alpha value is -1.36. The van der Waals surface area contributed by atoms with Crippen molar-refractivity contribution in [2.45, 2.75) is 25.3 Å². The van der Waals surface area contributed by atoms with Crippen LogP contribution in [-0.2, 0) is 9.59 Å². The van der Waals surface area contributed by atoms with E-state index in [1.165, 1.54) is 0 Å². The van der Waals surface area contributed by atoms with E-state index in [9.17, 15) is 9.59 Å². The molecule has 1 fully saturated rings. The van der Waals surface area contributed by atoms with Crippen LogP contribution in [0.4, 0.5) is 0 Å². The van der Waals surface area contributed by atoms with Gasteiger partial charge in [-0.05, 0) is 25.2 Å². The van der Waals surface area contributed by atoms with Gasteiger partial charge >= 0.3 is 0 Å². The Balaban J connectivity index is 1.69. The van der Waals surface area contributed by atoms with Crippen LogP contribution in [0.15, 0.2) is 12.2 Å². The van der Waals surface area contributed by atoms with Gasteiger partial charge < -0.3 is 10.6 Å². The van der Waals surface area contributed by atoms with Crippen molar-refractivity contribution in [2.75, 3.05) is 19.6 Å². The van der Waals surface area contributed by atoms with Crippen molar-refractivity contribution in [1.29, 1.82) is 0 Å². The monoisotopic (exact) mass is 237 g/mol. The summed E-state index contributed by atoms with van der Waals surface area (Å²) in [6, 6.07) is -0.285. The zero-order chi connectivity index (χ0) is 12.1. The maximum atomic E-state index is 11.8. The molecule has 5 heteroatoms. The van der Waals surface area contributed by atoms with Crippen LogP contribution in [0.25, 0.3) is 0 Å². The Bertz CT molecular complexity index is 318. The first kappa shape index (κ1) is 12.1. The molecule has 2 atom stereocenters. The molecule has 0 aromatic carbocycles. The fourth-order valence-corrected chi connectivity index (χ4v) is 2.16. The lowest BCUT2D eigenvalue weighted by Crippen LogP contribution is -2.58. The summed E-state index contributed by atoms with van der Waals surface area (Å²) in [5, 5.41) is 8.55. The number of piperazine rings is 1. The van der Waals surface area contributed by atoms with E-state index in [2.05, 4.69) is 28.1 Å². The van der Waals surface area contributed by atoms with Crippen LogP contribution in [0.3, 0.4) is 0 Å². The highest BCUT2D eigenvalue weighted by Gasteiger charge is 2.23. The minimum absolute atomic E-state index is 0.0143. The maximum absolute atomic E-state index is 11.8. The largest absolute Gasteiger partial charge is 0.354 e. The van der Waals surface area contributed by atoms with Crippen molar-refractivity contribution >= 4 is 11.8 Å². The molecule has 0 aromatic heterocycles. The number of amides is 2. The lowest BCUT2D eigenvalue weighted by molar-refractivity contribution is -0.126. The summed E-state index contributed by atoms with van der Waals surface area (Å²) in [6.07, 6.45) is 7.68. The molecule has 1 heterocycles. The molecule has 2 amide bonds. The SMILES string of the molecule is O=C1CNC(C(=O)NCC2CC=CCC2)CN1. The molecule has 1 aliphatic carbocycles. The molecule has 0 radical (unpaired) electrons. The lowest BCUT2D eigenvalue weighted by atomic mass is 9.94. The van der Waals surface area contributed by atoms with E-state index in [4.69, 9.17) is 0 Å². The van der Waals surface area contributed by atoms with Gasteiger partial charge in [-0.3, -0.25) is 14.9 Å². The van der Waals surface area contributed by atoms with Gasteiger partial charge in [-0.25, -0.2) is 0 Å². The number of nitrogens with one attached hydrogen (secondary N) is 3. The number of hydrogen-bond donors (Lipinski definition) is 3. The molecule has 1 saturated heterocycles. The molecule has 0 spiro atoms. The van der Waals surface area contributed by atoms with Crippen molar-refractivity contribution < 1.29 is 9.59 Å². The van der Waals surface area contributed by atoms with Gasteiger partial charge in [0.05, 0.1) is 6.54 Å². The molecule has 0 aromatic rings. The number of rotatable bonds is 3. The summed E-state index contributed by atoms with van der Waals surface area (Å²) < 4.78 is 0. The number of carbonyl (C=O) groups is 2. The van der Waals surface area contributed by atoms with Crippen LogP contribution >= 0.6 is 0 Å². The second kappa shape index (κ2) is 5.82. The average Bonchev–Trinajstić information content (AvgIpc) is 2.38. The van der Waals surface area contributed by atoms with Gasteiger partial charge in [0.2, 0.25) is 11.8 Å². The van der Waals surface area contributed by atoms with E-state index in [0.29, 0.717) is 12.5 Å². The topological polar surface area (TPSA) is 70.2 Å². The van der Waals surface area contributed by atoms with E-state index in [0.717, 1.165) is 25.8 Å². The first-order valence-electron chi connectivity index (χ1n) is 6.18. The van der Waals surface area contributed by atoms with Gasteiger partial charge in [0.15, 0.2) is 0 Å². The molecule has 2 unspecified atom stereocenters. The summed E-state index contributed by atoms with van der Waals surface area (Å²) in [4.78, 5) is 22.7. The molecule has 2 rings (SSSR count). The molecule has 2 aliphatic rings. The fraction of sp³-hybridized carbons (Fsp3) is 0.667. The first-order chi connectivity index (χ1) is 8.25. The number of allylic oxidation sites excluding steroid dienone is 2. The second-order valence-corrected chi connectivity index (χ2v) is 4.63. The normalized spacial score (nSPS) is 28.6. The highest BCUT2D eigenvalue weighted by Crippen LogP contribution is 2.16. The lowest BCUT2D eigenvalue weighted by Gasteiger charge is -2.25. The third-order valence-electron chi connectivity index (χ3n) is 3.27. The van der Waals surface area contributed by atoms with Gasteiger partial charge in [0.25, 0.3) is 0 Å². The third kappa shape index (κ3) is 3.56. The Labute approximate surface area is 101 Å². The molecule has 1 aliphatic heterocycles. The molecule has 5 nitrogen and oxygen atoms in total. The van der Waals surface area contributed by atoms with E-state index in [-0.39, 0.29) is 24.4 Å². The molecular formula is C12H19N3O2. The number of hydrogen-bond acceptors (Lipinski definition) is 3. The minimum Gasteiger partial charge on any atom is -0.354 e. The van der Waals surface area contributed by atoms with Crippen LogP contribution in [0.5, 0.6) is 0 Å². The summed E-state index contributed by atoms with van der Waals surface area (Å²) in [6.45, 7) is 1.34. The summed E-state index contributed by atoms with van der Waals surface area (Å²) in [5.74, 6) is 0.494. The van der Waals surface area contributed by atoms with Gasteiger partial charge in [-0.2, -0.15) is 0 Å². The summed E-state index contributed by atoms with van der Waals surface area (Å²) >= 11 is 0. The number of carbonyl (C=O) groups excluding carboxylic acids is 2. The predicted molar refractivity (Wildman–Crippen MR) is 64.3 cm³/mol. The van der Waals surface area contributed by atoms with E-state index < -0.39 is 0 Å². The average molecular weight is 237 g/mol. The van der Waals surface area contributed by atoms with Gasteiger partial charge in [-0.15, -0.1) is 0 Å². The van der Waals surface area contributed by atoms with Gasteiger partial charge in [0.1, 0.15) is 6.04 Å².